The average molecular weight is 1220 g/mol. The number of esters is 1. The fraction of sp³-hybridized carbons (Fsp3) is 0.877. The minimum Gasteiger partial charge on any atom is -0.466 e. The van der Waals surface area contributed by atoms with E-state index in [1.165, 1.54) is 353 Å². The molecule has 3 N–H and O–H groups in total. The van der Waals surface area contributed by atoms with Crippen molar-refractivity contribution < 1.29 is 24.5 Å². The molecule has 0 aromatic heterocycles. The van der Waals surface area contributed by atoms with Gasteiger partial charge in [0.25, 0.3) is 0 Å². The summed E-state index contributed by atoms with van der Waals surface area (Å²) < 4.78 is 5.51. The standard InChI is InChI=1S/C81H153NO5/c1-3-5-7-9-11-13-15-17-19-21-23-35-38-41-45-49-53-57-61-65-69-73-79(84)78(77-83)82-80(85)74-70-66-62-58-54-50-46-42-39-36-33-31-29-27-25-24-26-28-30-32-34-37-40-44-48-52-56-60-64-68-72-76-87-81(86)75-71-67-63-59-55-51-47-43-22-20-18-16-14-12-10-8-6-4-2/h20,22,26,28,32,34,69,73,78-79,83-84H,3-19,21,23-25,27,29-31,33,35-68,70-72,74-77H2,1-2H3,(H,82,85)/b22-20-,28-26-,34-32-,73-69+. The lowest BCUT2D eigenvalue weighted by Gasteiger charge is -2.20. The highest BCUT2D eigenvalue weighted by Crippen LogP contribution is 2.19. The van der Waals surface area contributed by atoms with Crippen molar-refractivity contribution in [3.63, 3.8) is 0 Å². The summed E-state index contributed by atoms with van der Waals surface area (Å²) in [6.07, 6.45) is 101. The molecule has 0 aliphatic heterocycles. The van der Waals surface area contributed by atoms with Gasteiger partial charge in [-0.2, -0.15) is 0 Å². The molecule has 0 rings (SSSR count). The molecule has 2 atom stereocenters. The van der Waals surface area contributed by atoms with Gasteiger partial charge in [-0.05, 0) is 89.9 Å². The van der Waals surface area contributed by atoms with Gasteiger partial charge in [0.1, 0.15) is 0 Å². The summed E-state index contributed by atoms with van der Waals surface area (Å²) in [7, 11) is 0. The van der Waals surface area contributed by atoms with E-state index in [1.807, 2.05) is 6.08 Å². The predicted molar refractivity (Wildman–Crippen MR) is 384 cm³/mol. The zero-order valence-corrected chi connectivity index (χ0v) is 58.8. The largest absolute Gasteiger partial charge is 0.466 e. The van der Waals surface area contributed by atoms with Crippen molar-refractivity contribution in [1.82, 2.24) is 5.32 Å². The van der Waals surface area contributed by atoms with Crippen molar-refractivity contribution in [2.45, 2.75) is 443 Å². The number of ether oxygens (including phenoxy) is 1. The Morgan fingerprint density at radius 2 is 0.575 bits per heavy atom. The molecule has 0 aliphatic rings. The van der Waals surface area contributed by atoms with Gasteiger partial charge >= 0.3 is 5.97 Å². The number of hydrogen-bond donors (Lipinski definition) is 3. The van der Waals surface area contributed by atoms with Crippen LogP contribution < -0.4 is 5.32 Å². The minimum absolute atomic E-state index is 0.0105. The summed E-state index contributed by atoms with van der Waals surface area (Å²) in [4.78, 5) is 24.7. The Morgan fingerprint density at radius 1 is 0.322 bits per heavy atom. The Bertz CT molecular complexity index is 1450. The predicted octanol–water partition coefficient (Wildman–Crippen LogP) is 26.0. The molecular formula is C81H153NO5. The maximum absolute atomic E-state index is 12.5. The van der Waals surface area contributed by atoms with Gasteiger partial charge in [0.15, 0.2) is 0 Å². The van der Waals surface area contributed by atoms with Gasteiger partial charge in [0.05, 0.1) is 25.4 Å². The van der Waals surface area contributed by atoms with Gasteiger partial charge in [-0.1, -0.05) is 377 Å². The van der Waals surface area contributed by atoms with Crippen molar-refractivity contribution in [2.24, 2.45) is 0 Å². The quantitative estimate of drug-likeness (QED) is 0.0320. The molecule has 1 amide bonds. The van der Waals surface area contributed by atoms with E-state index < -0.39 is 12.1 Å². The van der Waals surface area contributed by atoms with Crippen LogP contribution in [0.3, 0.4) is 0 Å². The molecule has 0 radical (unpaired) electrons. The van der Waals surface area contributed by atoms with E-state index >= 15 is 0 Å². The number of aliphatic hydroxyl groups is 2. The maximum Gasteiger partial charge on any atom is 0.305 e. The van der Waals surface area contributed by atoms with Gasteiger partial charge in [-0.15, -0.1) is 0 Å². The van der Waals surface area contributed by atoms with Gasteiger partial charge in [0, 0.05) is 12.8 Å². The van der Waals surface area contributed by atoms with Crippen molar-refractivity contribution in [3.8, 4) is 0 Å². The van der Waals surface area contributed by atoms with Crippen LogP contribution in [0, 0.1) is 0 Å². The first kappa shape index (κ1) is 84.8. The third-order valence-corrected chi connectivity index (χ3v) is 18.3. The van der Waals surface area contributed by atoms with Crippen LogP contribution in [0.4, 0.5) is 0 Å². The van der Waals surface area contributed by atoms with Crippen LogP contribution in [0.5, 0.6) is 0 Å². The Morgan fingerprint density at radius 3 is 0.885 bits per heavy atom. The molecule has 0 bridgehead atoms. The van der Waals surface area contributed by atoms with Crippen LogP contribution >= 0.6 is 0 Å². The number of carbonyl (C=O) groups excluding carboxylic acids is 2. The Labute approximate surface area is 544 Å². The van der Waals surface area contributed by atoms with Crippen LogP contribution in [-0.2, 0) is 14.3 Å². The first-order valence-corrected chi connectivity index (χ1v) is 39.4. The third-order valence-electron chi connectivity index (χ3n) is 18.3. The van der Waals surface area contributed by atoms with E-state index in [-0.39, 0.29) is 18.5 Å². The fourth-order valence-corrected chi connectivity index (χ4v) is 12.3. The van der Waals surface area contributed by atoms with Crippen LogP contribution in [-0.4, -0.2) is 47.4 Å². The third kappa shape index (κ3) is 72.8. The van der Waals surface area contributed by atoms with Gasteiger partial charge in [0.2, 0.25) is 5.91 Å². The highest BCUT2D eigenvalue weighted by atomic mass is 16.5. The topological polar surface area (TPSA) is 95.9 Å². The molecule has 0 spiro atoms. The zero-order chi connectivity index (χ0) is 62.8. The number of hydrogen-bond acceptors (Lipinski definition) is 5. The second-order valence-corrected chi connectivity index (χ2v) is 27.0. The van der Waals surface area contributed by atoms with Gasteiger partial charge < -0.3 is 20.3 Å². The van der Waals surface area contributed by atoms with Crippen LogP contribution in [0.1, 0.15) is 431 Å². The second-order valence-electron chi connectivity index (χ2n) is 27.0. The molecular weight excluding hydrogens is 1070 g/mol. The molecule has 87 heavy (non-hydrogen) atoms. The molecule has 0 fully saturated rings. The molecule has 512 valence electrons. The number of amides is 1. The van der Waals surface area contributed by atoms with Crippen LogP contribution in [0.25, 0.3) is 0 Å². The summed E-state index contributed by atoms with van der Waals surface area (Å²) in [6, 6.07) is -0.629. The monoisotopic (exact) mass is 1220 g/mol. The summed E-state index contributed by atoms with van der Waals surface area (Å²) in [5, 5.41) is 23.3. The molecule has 0 saturated carbocycles. The summed E-state index contributed by atoms with van der Waals surface area (Å²) in [5.74, 6) is -0.0529. The number of unbranched alkanes of at least 4 members (excludes halogenated alkanes) is 57. The summed E-state index contributed by atoms with van der Waals surface area (Å²) in [6.45, 7) is 4.94. The lowest BCUT2D eigenvalue weighted by molar-refractivity contribution is -0.143. The highest BCUT2D eigenvalue weighted by Gasteiger charge is 2.18. The van der Waals surface area contributed by atoms with Crippen molar-refractivity contribution >= 4 is 11.9 Å². The molecule has 0 aliphatic carbocycles. The lowest BCUT2D eigenvalue weighted by atomic mass is 10.0. The van der Waals surface area contributed by atoms with Crippen LogP contribution in [0.15, 0.2) is 48.6 Å². The normalized spacial score (nSPS) is 12.7. The minimum atomic E-state index is -0.846. The Kier molecular flexibility index (Phi) is 74.4. The van der Waals surface area contributed by atoms with E-state index in [4.69, 9.17) is 4.74 Å². The number of rotatable bonds is 74. The van der Waals surface area contributed by atoms with Crippen molar-refractivity contribution in [3.05, 3.63) is 48.6 Å². The zero-order valence-electron chi connectivity index (χ0n) is 58.8. The summed E-state index contributed by atoms with van der Waals surface area (Å²) in [5.41, 5.74) is 0. The van der Waals surface area contributed by atoms with E-state index in [0.29, 0.717) is 19.4 Å². The molecule has 6 nitrogen and oxygen atoms in total. The number of carbonyl (C=O) groups is 2. The molecule has 0 heterocycles. The average Bonchev–Trinajstić information content (AvgIpc) is 3.52. The van der Waals surface area contributed by atoms with Gasteiger partial charge in [-0.25, -0.2) is 0 Å². The van der Waals surface area contributed by atoms with Crippen LogP contribution in [0.2, 0.25) is 0 Å². The molecule has 0 aromatic rings. The highest BCUT2D eigenvalue weighted by molar-refractivity contribution is 5.76. The fourth-order valence-electron chi connectivity index (χ4n) is 12.3. The van der Waals surface area contributed by atoms with Crippen molar-refractivity contribution in [2.75, 3.05) is 13.2 Å². The molecule has 6 heteroatoms. The summed E-state index contributed by atoms with van der Waals surface area (Å²) >= 11 is 0. The second kappa shape index (κ2) is 76.3. The van der Waals surface area contributed by atoms with E-state index in [0.717, 1.165) is 51.4 Å². The molecule has 0 saturated heterocycles. The number of allylic oxidation sites excluding steroid dienone is 7. The smallest absolute Gasteiger partial charge is 0.305 e. The van der Waals surface area contributed by atoms with E-state index in [1.54, 1.807) is 6.08 Å². The molecule has 0 aromatic carbocycles. The molecule has 2 unspecified atom stereocenters. The van der Waals surface area contributed by atoms with Crippen molar-refractivity contribution in [1.29, 1.82) is 0 Å². The Hall–Kier alpha value is -2.18. The SMILES string of the molecule is CCCCCCCCC/C=C\CCCCCCCCCC(=O)OCCCCCCCCCCC/C=C\C/C=C\CCCCCCCCCCCCCCCCCC(=O)NC(CO)C(O)/C=C/CCCCCCCCCCCCCCCCCCCCC. The maximum atomic E-state index is 12.5. The lowest BCUT2D eigenvalue weighted by Crippen LogP contribution is -2.45. The first-order valence-electron chi connectivity index (χ1n) is 39.4. The van der Waals surface area contributed by atoms with E-state index in [9.17, 15) is 19.8 Å². The Balaban J connectivity index is 3.41. The number of aliphatic hydroxyl groups excluding tert-OH is 2. The first-order chi connectivity index (χ1) is 43.0. The number of nitrogens with one attached hydrogen (secondary N) is 1. The van der Waals surface area contributed by atoms with Gasteiger partial charge in [-0.3, -0.25) is 9.59 Å². The van der Waals surface area contributed by atoms with E-state index in [2.05, 4.69) is 55.6 Å².